The van der Waals surface area contributed by atoms with Gasteiger partial charge in [-0.3, -0.25) is 4.79 Å². The fourth-order valence-corrected chi connectivity index (χ4v) is 1.23. The maximum atomic E-state index is 11.5. The molecular formula is C10H6ClN3O3. The first-order valence-electron chi connectivity index (χ1n) is 4.33. The van der Waals surface area contributed by atoms with E-state index in [4.69, 9.17) is 22.2 Å². The fourth-order valence-electron chi connectivity index (χ4n) is 1.07. The Morgan fingerprint density at radius 1 is 1.53 bits per heavy atom. The van der Waals surface area contributed by atoms with E-state index in [0.29, 0.717) is 6.21 Å². The van der Waals surface area contributed by atoms with Gasteiger partial charge in [-0.25, -0.2) is 9.78 Å². The van der Waals surface area contributed by atoms with Gasteiger partial charge in [0.2, 0.25) is 0 Å². The molecule has 1 N–H and O–H groups in total. The molecule has 0 fully saturated rings. The van der Waals surface area contributed by atoms with Gasteiger partial charge in [0, 0.05) is 23.4 Å². The van der Waals surface area contributed by atoms with Crippen molar-refractivity contribution in [3.05, 3.63) is 40.2 Å². The number of nitrogens with zero attached hydrogens (tertiary/aromatic N) is 3. The first-order chi connectivity index (χ1) is 8.04. The van der Waals surface area contributed by atoms with E-state index < -0.39 is 11.8 Å². The van der Waals surface area contributed by atoms with Crippen LogP contribution in [0.5, 0.6) is 0 Å². The highest BCUT2D eigenvalue weighted by molar-refractivity contribution is 6.35. The van der Waals surface area contributed by atoms with E-state index in [-0.39, 0.29) is 16.3 Å². The smallest absolute Gasteiger partial charge is 0.328 e. The first-order valence-corrected chi connectivity index (χ1v) is 4.70. The van der Waals surface area contributed by atoms with Gasteiger partial charge in [-0.2, -0.15) is 4.79 Å². The van der Waals surface area contributed by atoms with Gasteiger partial charge in [0.05, 0.1) is 0 Å². The number of carbonyl (C=O) groups is 2. The molecule has 1 heterocycles. The summed E-state index contributed by atoms with van der Waals surface area (Å²) >= 11 is 5.61. The predicted molar refractivity (Wildman–Crippen MR) is 59.9 cm³/mol. The van der Waals surface area contributed by atoms with Crippen LogP contribution in [0.25, 0.3) is 11.6 Å². The standard InChI is InChI=1S/C10H6ClN3O3/c11-9-3-7(8(15)5-14-12)6(4-13-9)1-2-10(16)17/h1-5H,(H,16,17)/b2-1+. The molecule has 17 heavy (non-hydrogen) atoms. The highest BCUT2D eigenvalue weighted by atomic mass is 35.5. The van der Waals surface area contributed by atoms with Crippen LogP contribution < -0.4 is 0 Å². The van der Waals surface area contributed by atoms with Gasteiger partial charge in [0.15, 0.2) is 0 Å². The molecule has 6 nitrogen and oxygen atoms in total. The van der Waals surface area contributed by atoms with E-state index in [2.05, 4.69) is 9.77 Å². The zero-order valence-corrected chi connectivity index (χ0v) is 9.13. The molecule has 0 atom stereocenters. The van der Waals surface area contributed by atoms with Gasteiger partial charge >= 0.3 is 12.2 Å². The molecule has 0 amide bonds. The van der Waals surface area contributed by atoms with E-state index in [9.17, 15) is 9.59 Å². The Labute approximate surface area is 101 Å². The second-order valence-electron chi connectivity index (χ2n) is 2.87. The number of Topliss-reactive ketones (excluding diaryl/α,β-unsaturated/α-hetero) is 1. The topological polar surface area (TPSA) is 104 Å². The molecule has 86 valence electrons. The number of rotatable bonds is 4. The summed E-state index contributed by atoms with van der Waals surface area (Å²) in [7, 11) is 0. The summed E-state index contributed by atoms with van der Waals surface area (Å²) in [6, 6.07) is 1.26. The average molecular weight is 252 g/mol. The summed E-state index contributed by atoms with van der Waals surface area (Å²) in [4.78, 5) is 28.2. The number of hydrogen-bond acceptors (Lipinski definition) is 3. The number of carboxylic acid groups (broad SMARTS) is 1. The van der Waals surface area contributed by atoms with Gasteiger partial charge in [0.1, 0.15) is 5.15 Å². The minimum atomic E-state index is -1.16. The lowest BCUT2D eigenvalue weighted by atomic mass is 10.1. The number of aliphatic carboxylic acids is 1. The third-order valence-corrected chi connectivity index (χ3v) is 1.95. The molecule has 7 heteroatoms. The Hall–Kier alpha value is -2.30. The van der Waals surface area contributed by atoms with Crippen LogP contribution in [0.15, 0.2) is 18.3 Å². The lowest BCUT2D eigenvalue weighted by molar-refractivity contribution is -0.131. The number of carboxylic acids is 1. The monoisotopic (exact) mass is 251 g/mol. The number of ketones is 1. The molecule has 0 bridgehead atoms. The number of halogens is 1. The molecule has 0 aromatic carbocycles. The normalized spacial score (nSPS) is 9.94. The van der Waals surface area contributed by atoms with Crippen LogP contribution >= 0.6 is 11.6 Å². The van der Waals surface area contributed by atoms with Crippen molar-refractivity contribution < 1.29 is 19.5 Å². The first kappa shape index (κ1) is 12.8. The van der Waals surface area contributed by atoms with Crippen LogP contribution in [-0.2, 0) is 4.79 Å². The third kappa shape index (κ3) is 3.64. The van der Waals surface area contributed by atoms with Crippen molar-refractivity contribution >= 4 is 35.6 Å². The predicted octanol–water partition coefficient (Wildman–Crippen LogP) is 1.32. The molecule has 0 saturated heterocycles. The number of aromatic nitrogens is 1. The largest absolute Gasteiger partial charge is 0.478 e. The van der Waals surface area contributed by atoms with Crippen LogP contribution in [0.1, 0.15) is 15.9 Å². The van der Waals surface area contributed by atoms with Crippen molar-refractivity contribution in [1.29, 1.82) is 0 Å². The van der Waals surface area contributed by atoms with Gasteiger partial charge in [-0.05, 0) is 12.1 Å². The minimum absolute atomic E-state index is 0.0761. The van der Waals surface area contributed by atoms with Crippen LogP contribution in [0, 0.1) is 0 Å². The Morgan fingerprint density at radius 2 is 2.24 bits per heavy atom. The highest BCUT2D eigenvalue weighted by Gasteiger charge is 2.12. The van der Waals surface area contributed by atoms with Crippen molar-refractivity contribution in [3.8, 4) is 0 Å². The molecule has 1 rings (SSSR count). The van der Waals surface area contributed by atoms with Crippen molar-refractivity contribution in [2.24, 2.45) is 0 Å². The zero-order valence-electron chi connectivity index (χ0n) is 8.37. The second-order valence-corrected chi connectivity index (χ2v) is 3.26. The van der Waals surface area contributed by atoms with Crippen LogP contribution in [0.2, 0.25) is 5.15 Å². The Balaban J connectivity index is 3.25. The highest BCUT2D eigenvalue weighted by Crippen LogP contribution is 2.14. The fraction of sp³-hybridized carbons (Fsp3) is 0. The Kier molecular flexibility index (Phi) is 4.28. The van der Waals surface area contributed by atoms with Gasteiger partial charge in [-0.1, -0.05) is 11.6 Å². The molecule has 0 aliphatic carbocycles. The van der Waals surface area contributed by atoms with Crippen LogP contribution in [-0.4, -0.2) is 32.8 Å². The Morgan fingerprint density at radius 3 is 2.82 bits per heavy atom. The van der Waals surface area contributed by atoms with Crippen LogP contribution in [0.4, 0.5) is 0 Å². The quantitative estimate of drug-likeness (QED) is 0.218. The van der Waals surface area contributed by atoms with E-state index in [1.165, 1.54) is 18.3 Å². The SMILES string of the molecule is [N-]=[N+]=CC(=O)c1cc(Cl)ncc1/C=C/C(=O)O. The molecule has 1 aromatic rings. The Bertz CT molecular complexity index is 548. The van der Waals surface area contributed by atoms with Crippen molar-refractivity contribution in [1.82, 2.24) is 4.98 Å². The third-order valence-electron chi connectivity index (χ3n) is 1.75. The van der Waals surface area contributed by atoms with E-state index in [1.54, 1.807) is 0 Å². The maximum absolute atomic E-state index is 11.5. The summed E-state index contributed by atoms with van der Waals surface area (Å²) in [5.74, 6) is -1.77. The number of pyridine rings is 1. The van der Waals surface area contributed by atoms with E-state index in [0.717, 1.165) is 6.08 Å². The zero-order chi connectivity index (χ0) is 12.8. The molecule has 0 aliphatic rings. The second kappa shape index (κ2) is 5.69. The van der Waals surface area contributed by atoms with Gasteiger partial charge in [-0.15, -0.1) is 0 Å². The van der Waals surface area contributed by atoms with Gasteiger partial charge in [0.25, 0.3) is 5.78 Å². The molecule has 0 saturated carbocycles. The molecule has 0 unspecified atom stereocenters. The van der Waals surface area contributed by atoms with Crippen molar-refractivity contribution in [2.45, 2.75) is 0 Å². The van der Waals surface area contributed by atoms with Gasteiger partial charge < -0.3 is 10.6 Å². The number of hydrogen-bond donors (Lipinski definition) is 1. The molecule has 1 aromatic heterocycles. The molecule has 0 radical (unpaired) electrons. The van der Waals surface area contributed by atoms with E-state index in [1.807, 2.05) is 0 Å². The molecular weight excluding hydrogens is 246 g/mol. The summed E-state index contributed by atoms with van der Waals surface area (Å²) in [6.45, 7) is 0. The average Bonchev–Trinajstić information content (AvgIpc) is 2.27. The van der Waals surface area contributed by atoms with Crippen molar-refractivity contribution in [2.75, 3.05) is 0 Å². The lowest BCUT2D eigenvalue weighted by Crippen LogP contribution is -2.04. The molecule has 0 spiro atoms. The summed E-state index contributed by atoms with van der Waals surface area (Å²) in [5.41, 5.74) is 8.63. The number of carbonyl (C=O) groups excluding carboxylic acids is 1. The summed E-state index contributed by atoms with van der Waals surface area (Å²) in [5, 5.41) is 8.55. The summed E-state index contributed by atoms with van der Waals surface area (Å²) in [6.07, 6.45) is 3.99. The molecule has 0 aliphatic heterocycles. The summed E-state index contributed by atoms with van der Waals surface area (Å²) < 4.78 is 0. The van der Waals surface area contributed by atoms with Crippen LogP contribution in [0.3, 0.4) is 0 Å². The van der Waals surface area contributed by atoms with E-state index >= 15 is 0 Å². The minimum Gasteiger partial charge on any atom is -0.478 e. The lowest BCUT2D eigenvalue weighted by Gasteiger charge is -1.99. The maximum Gasteiger partial charge on any atom is 0.328 e. The van der Waals surface area contributed by atoms with Crippen molar-refractivity contribution in [3.63, 3.8) is 0 Å².